The topological polar surface area (TPSA) is 56.6 Å². The van der Waals surface area contributed by atoms with Crippen LogP contribution in [0.3, 0.4) is 0 Å². The average molecular weight is 444 g/mol. The smallest absolute Gasteiger partial charge is 0.179 e. The fourth-order valence-corrected chi connectivity index (χ4v) is 4.13. The van der Waals surface area contributed by atoms with Gasteiger partial charge >= 0.3 is 0 Å². The molecule has 0 radical (unpaired) electrons. The van der Waals surface area contributed by atoms with E-state index in [0.717, 1.165) is 86.0 Å². The van der Waals surface area contributed by atoms with E-state index in [2.05, 4.69) is 35.5 Å². The van der Waals surface area contributed by atoms with Crippen molar-refractivity contribution in [2.45, 2.75) is 51.4 Å². The number of nitrogens with zero attached hydrogens (tertiary/aromatic N) is 3. The van der Waals surface area contributed by atoms with Crippen LogP contribution in [0.25, 0.3) is 11.3 Å². The van der Waals surface area contributed by atoms with Gasteiger partial charge in [0.1, 0.15) is 23.0 Å². The molecule has 1 aromatic heterocycles. The fourth-order valence-electron chi connectivity index (χ4n) is 3.93. The summed E-state index contributed by atoms with van der Waals surface area (Å²) < 4.78 is 11.0. The Balaban J connectivity index is 1.79. The van der Waals surface area contributed by atoms with E-state index in [1.807, 2.05) is 18.2 Å². The first-order valence-corrected chi connectivity index (χ1v) is 10.8. The highest BCUT2D eigenvalue weighted by atomic mass is 79.9. The minimum Gasteiger partial charge on any atom is -0.418 e. The zero-order valence-corrected chi connectivity index (χ0v) is 17.8. The predicted molar refractivity (Wildman–Crippen MR) is 115 cm³/mol. The third kappa shape index (κ3) is 4.28. The maximum absolute atomic E-state index is 5.72. The molecule has 6 heteroatoms. The summed E-state index contributed by atoms with van der Waals surface area (Å²) in [6, 6.07) is 7.94. The Hall–Kier alpha value is -1.79. The van der Waals surface area contributed by atoms with Crippen LogP contribution < -0.4 is 3.83 Å². The predicted octanol–water partition coefficient (Wildman–Crippen LogP) is 5.79. The molecule has 1 saturated heterocycles. The maximum Gasteiger partial charge on any atom is 0.179 e. The van der Waals surface area contributed by atoms with Crippen LogP contribution in [-0.4, -0.2) is 29.4 Å². The van der Waals surface area contributed by atoms with Crippen LogP contribution in [0.15, 0.2) is 29.3 Å². The van der Waals surface area contributed by atoms with Gasteiger partial charge in [0, 0.05) is 30.9 Å². The molecule has 0 N–H and O–H groups in total. The molecule has 2 unspecified atom stereocenters. The van der Waals surface area contributed by atoms with Gasteiger partial charge in [0.25, 0.3) is 0 Å². The average Bonchev–Trinajstić information content (AvgIpc) is 2.72. The van der Waals surface area contributed by atoms with Crippen LogP contribution in [-0.2, 0) is 11.2 Å². The molecule has 4 rings (SSSR count). The summed E-state index contributed by atoms with van der Waals surface area (Å²) in [5.74, 6) is 2.47. The monoisotopic (exact) mass is 443 g/mol. The number of hydrogen-bond donors (Lipinski definition) is 0. The van der Waals surface area contributed by atoms with Crippen LogP contribution in [0.1, 0.15) is 56.5 Å². The van der Waals surface area contributed by atoms with Crippen LogP contribution in [0.2, 0.25) is 0 Å². The lowest BCUT2D eigenvalue weighted by molar-refractivity contribution is 0.110. The van der Waals surface area contributed by atoms with E-state index in [1.165, 1.54) is 0 Å². The molecule has 2 aliphatic heterocycles. The van der Waals surface area contributed by atoms with Crippen LogP contribution in [0, 0.1) is 5.92 Å². The Bertz CT molecular complexity index is 848. The number of ether oxygens (including phenoxy) is 1. The lowest BCUT2D eigenvalue weighted by Gasteiger charge is -2.23. The molecular formula is C22H26BrN3O2. The van der Waals surface area contributed by atoms with Gasteiger partial charge in [-0.25, -0.2) is 9.97 Å². The fraction of sp³-hybridized carbons (Fsp3) is 0.500. The van der Waals surface area contributed by atoms with E-state index in [4.69, 9.17) is 23.5 Å². The van der Waals surface area contributed by atoms with Crippen molar-refractivity contribution < 1.29 is 8.57 Å². The second kappa shape index (κ2) is 9.14. The Labute approximate surface area is 175 Å². The van der Waals surface area contributed by atoms with Gasteiger partial charge in [-0.1, -0.05) is 25.5 Å². The number of halogens is 1. The second-order valence-corrected chi connectivity index (χ2v) is 7.90. The molecule has 0 aliphatic carbocycles. The van der Waals surface area contributed by atoms with Crippen LogP contribution >= 0.6 is 16.3 Å². The standard InChI is InChI=1S/C22H26BrN3O2/c1-2-15-12-19-21(24-14-15)20(17-7-5-8-18(13-17)28-23)26-22(25-19)16-6-3-4-10-27-11-9-16/h5,7-8,13-16H,2-4,6,9-12H2,1H3. The normalized spacial score (nSPS) is 22.2. The highest BCUT2D eigenvalue weighted by Gasteiger charge is 2.25. The molecule has 2 atom stereocenters. The summed E-state index contributed by atoms with van der Waals surface area (Å²) in [5, 5.41) is 0. The molecule has 2 aromatic rings. The largest absolute Gasteiger partial charge is 0.418 e. The zero-order chi connectivity index (χ0) is 19.3. The molecule has 0 saturated carbocycles. The molecule has 2 aliphatic rings. The van der Waals surface area contributed by atoms with Gasteiger partial charge in [0.05, 0.1) is 5.69 Å². The van der Waals surface area contributed by atoms with Crippen molar-refractivity contribution in [3.8, 4) is 17.0 Å². The Morgan fingerprint density at radius 1 is 1.18 bits per heavy atom. The Morgan fingerprint density at radius 2 is 2.11 bits per heavy atom. The number of fused-ring (bicyclic) bond motifs is 1. The zero-order valence-electron chi connectivity index (χ0n) is 16.2. The van der Waals surface area contributed by atoms with Crippen LogP contribution in [0.5, 0.6) is 5.75 Å². The summed E-state index contributed by atoms with van der Waals surface area (Å²) in [5.41, 5.74) is 3.89. The summed E-state index contributed by atoms with van der Waals surface area (Å²) in [4.78, 5) is 14.8. The first-order chi connectivity index (χ1) is 13.8. The second-order valence-electron chi connectivity index (χ2n) is 7.58. The maximum atomic E-state index is 5.72. The van der Waals surface area contributed by atoms with E-state index in [-0.39, 0.29) is 0 Å². The van der Waals surface area contributed by atoms with Gasteiger partial charge < -0.3 is 8.57 Å². The molecule has 5 nitrogen and oxygen atoms in total. The van der Waals surface area contributed by atoms with Gasteiger partial charge in [0.2, 0.25) is 0 Å². The van der Waals surface area contributed by atoms with Crippen molar-refractivity contribution in [2.75, 3.05) is 13.2 Å². The van der Waals surface area contributed by atoms with Gasteiger partial charge in [-0.15, -0.1) is 0 Å². The molecule has 28 heavy (non-hydrogen) atoms. The van der Waals surface area contributed by atoms with Gasteiger partial charge in [-0.2, -0.15) is 0 Å². The summed E-state index contributed by atoms with van der Waals surface area (Å²) in [6.07, 6.45) is 8.42. The quantitative estimate of drug-likeness (QED) is 0.599. The molecule has 1 fully saturated rings. The highest BCUT2D eigenvalue weighted by molar-refractivity contribution is 9.06. The number of aliphatic imine (C=N–C) groups is 1. The summed E-state index contributed by atoms with van der Waals surface area (Å²) >= 11 is 3.07. The minimum absolute atomic E-state index is 0.339. The first-order valence-electron chi connectivity index (χ1n) is 10.2. The minimum atomic E-state index is 0.339. The Morgan fingerprint density at radius 3 is 2.96 bits per heavy atom. The molecule has 0 bridgehead atoms. The summed E-state index contributed by atoms with van der Waals surface area (Å²) in [6.45, 7) is 3.85. The molecule has 0 spiro atoms. The third-order valence-corrected chi connectivity index (χ3v) is 6.01. The van der Waals surface area contributed by atoms with Crippen molar-refractivity contribution in [3.63, 3.8) is 0 Å². The van der Waals surface area contributed by atoms with E-state index < -0.39 is 0 Å². The van der Waals surface area contributed by atoms with Crippen molar-refractivity contribution in [2.24, 2.45) is 10.9 Å². The van der Waals surface area contributed by atoms with E-state index in [0.29, 0.717) is 11.8 Å². The lowest BCUT2D eigenvalue weighted by atomic mass is 9.93. The van der Waals surface area contributed by atoms with Crippen molar-refractivity contribution in [1.29, 1.82) is 0 Å². The van der Waals surface area contributed by atoms with Crippen molar-refractivity contribution in [3.05, 3.63) is 35.8 Å². The number of benzene rings is 1. The van der Waals surface area contributed by atoms with Crippen molar-refractivity contribution in [1.82, 2.24) is 9.97 Å². The van der Waals surface area contributed by atoms with Gasteiger partial charge in [-0.3, -0.25) is 4.99 Å². The Kier molecular flexibility index (Phi) is 6.37. The number of rotatable bonds is 4. The van der Waals surface area contributed by atoms with Crippen LogP contribution in [0.4, 0.5) is 5.69 Å². The van der Waals surface area contributed by atoms with Gasteiger partial charge in [-0.05, 0) is 50.2 Å². The third-order valence-electron chi connectivity index (χ3n) is 5.63. The lowest BCUT2D eigenvalue weighted by Crippen LogP contribution is -2.17. The summed E-state index contributed by atoms with van der Waals surface area (Å²) in [7, 11) is 0. The molecule has 0 amide bonds. The number of aromatic nitrogens is 2. The molecule has 1 aromatic carbocycles. The van der Waals surface area contributed by atoms with Gasteiger partial charge in [0.15, 0.2) is 16.3 Å². The number of hydrogen-bond acceptors (Lipinski definition) is 5. The SMILES string of the molecule is CCC1C=Nc2c(nc(C3CCCCOCC3)nc2-c2cccc(OBr)c2)C1. The molecule has 3 heterocycles. The first kappa shape index (κ1) is 19.5. The molecular weight excluding hydrogens is 418 g/mol. The molecule has 148 valence electrons. The highest BCUT2D eigenvalue weighted by Crippen LogP contribution is 2.38. The van der Waals surface area contributed by atoms with E-state index in [1.54, 1.807) is 0 Å². The van der Waals surface area contributed by atoms with Crippen molar-refractivity contribution >= 4 is 28.2 Å². The van der Waals surface area contributed by atoms with E-state index >= 15 is 0 Å². The van der Waals surface area contributed by atoms with E-state index in [9.17, 15) is 0 Å².